The molecule has 0 saturated carbocycles. The van der Waals surface area contributed by atoms with Crippen molar-refractivity contribution in [2.24, 2.45) is 0 Å². The van der Waals surface area contributed by atoms with Crippen LogP contribution in [0.4, 0.5) is 0 Å². The number of phenolic OH excluding ortho intramolecular Hbond substituents is 1. The van der Waals surface area contributed by atoms with E-state index in [1.54, 1.807) is 24.3 Å². The van der Waals surface area contributed by atoms with Crippen LogP contribution in [0.2, 0.25) is 0 Å². The van der Waals surface area contributed by atoms with Crippen LogP contribution in [0.3, 0.4) is 0 Å². The lowest BCUT2D eigenvalue weighted by atomic mass is 10.1. The van der Waals surface area contributed by atoms with Gasteiger partial charge in [0.15, 0.2) is 11.5 Å². The van der Waals surface area contributed by atoms with E-state index in [0.29, 0.717) is 18.7 Å². The van der Waals surface area contributed by atoms with Crippen LogP contribution in [0.15, 0.2) is 66.3 Å². The Morgan fingerprint density at radius 1 is 1.27 bits per heavy atom. The molecular weight excluding hydrogens is 328 g/mol. The van der Waals surface area contributed by atoms with Gasteiger partial charge in [-0.1, -0.05) is 48.6 Å². The molecule has 0 spiro atoms. The van der Waals surface area contributed by atoms with Crippen LogP contribution in [0, 0.1) is 11.3 Å². The van der Waals surface area contributed by atoms with Crippen LogP contribution in [-0.2, 0) is 11.2 Å². The molecule has 26 heavy (non-hydrogen) atoms. The number of hydrogen-bond acceptors (Lipinski definition) is 4. The van der Waals surface area contributed by atoms with E-state index < -0.39 is 5.91 Å². The zero-order valence-corrected chi connectivity index (χ0v) is 14.5. The molecule has 0 aromatic heterocycles. The fraction of sp³-hybridized carbons (Fsp3) is 0.143. The first kappa shape index (κ1) is 18.8. The summed E-state index contributed by atoms with van der Waals surface area (Å²) in [5.74, 6) is 0.00218. The molecule has 2 rings (SSSR count). The summed E-state index contributed by atoms with van der Waals surface area (Å²) >= 11 is 0. The first-order valence-electron chi connectivity index (χ1n) is 8.11. The summed E-state index contributed by atoms with van der Waals surface area (Å²) in [6.07, 6.45) is 5.49. The minimum Gasteiger partial charge on any atom is -0.504 e. The summed E-state index contributed by atoms with van der Waals surface area (Å²) in [7, 11) is 1.47. The number of hydrogen-bond donors (Lipinski definition) is 2. The molecule has 0 saturated heterocycles. The highest BCUT2D eigenvalue weighted by atomic mass is 16.5. The van der Waals surface area contributed by atoms with Gasteiger partial charge >= 0.3 is 0 Å². The van der Waals surface area contributed by atoms with Crippen molar-refractivity contribution < 1.29 is 14.6 Å². The Morgan fingerprint density at radius 3 is 2.73 bits per heavy atom. The molecular formula is C21H20N2O3. The fourth-order valence-electron chi connectivity index (χ4n) is 2.28. The number of nitrogens with one attached hydrogen (secondary N) is 1. The third-order valence-corrected chi connectivity index (χ3v) is 3.66. The standard InChI is InChI=1S/C21H20N2O3/c1-26-20-14-17(10-11-19(20)24)8-5-9-18(15-22)21(25)23-13-12-16-6-3-2-4-7-16/h2-11,14,24H,12-13H2,1H3,(H,23,25)/b8-5+,18-9+. The number of carbonyl (C=O) groups is 1. The van der Waals surface area contributed by atoms with E-state index in [1.807, 2.05) is 36.4 Å². The molecule has 0 unspecified atom stereocenters. The molecule has 2 aromatic rings. The lowest BCUT2D eigenvalue weighted by Crippen LogP contribution is -2.26. The van der Waals surface area contributed by atoms with E-state index in [9.17, 15) is 9.90 Å². The second-order valence-electron chi connectivity index (χ2n) is 5.47. The summed E-state index contributed by atoms with van der Waals surface area (Å²) in [4.78, 5) is 12.1. The van der Waals surface area contributed by atoms with E-state index in [2.05, 4.69) is 5.32 Å². The van der Waals surface area contributed by atoms with E-state index in [4.69, 9.17) is 10.00 Å². The molecule has 2 aromatic carbocycles. The summed E-state index contributed by atoms with van der Waals surface area (Å²) in [6.45, 7) is 0.459. The molecule has 0 aliphatic rings. The van der Waals surface area contributed by atoms with Crippen LogP contribution in [-0.4, -0.2) is 24.7 Å². The van der Waals surface area contributed by atoms with Gasteiger partial charge in [0, 0.05) is 6.54 Å². The summed E-state index contributed by atoms with van der Waals surface area (Å²) in [5, 5.41) is 21.5. The van der Waals surface area contributed by atoms with Gasteiger partial charge in [0.05, 0.1) is 7.11 Å². The third kappa shape index (κ3) is 5.53. The molecule has 0 radical (unpaired) electrons. The monoisotopic (exact) mass is 348 g/mol. The van der Waals surface area contributed by atoms with Gasteiger partial charge in [-0.15, -0.1) is 0 Å². The van der Waals surface area contributed by atoms with Crippen molar-refractivity contribution in [2.75, 3.05) is 13.7 Å². The number of nitriles is 1. The molecule has 0 heterocycles. The lowest BCUT2D eigenvalue weighted by Gasteiger charge is -2.04. The quantitative estimate of drug-likeness (QED) is 0.457. The van der Waals surface area contributed by atoms with Crippen LogP contribution in [0.25, 0.3) is 6.08 Å². The fourth-order valence-corrected chi connectivity index (χ4v) is 2.28. The molecule has 0 aliphatic carbocycles. The Bertz CT molecular complexity index is 849. The van der Waals surface area contributed by atoms with Gasteiger partial charge in [0.25, 0.3) is 5.91 Å². The Morgan fingerprint density at radius 2 is 2.04 bits per heavy atom. The molecule has 5 nitrogen and oxygen atoms in total. The maximum atomic E-state index is 12.1. The van der Waals surface area contributed by atoms with Crippen LogP contribution in [0.5, 0.6) is 11.5 Å². The summed E-state index contributed by atoms with van der Waals surface area (Å²) < 4.78 is 5.04. The first-order valence-corrected chi connectivity index (χ1v) is 8.11. The minimum absolute atomic E-state index is 0.0278. The maximum Gasteiger partial charge on any atom is 0.261 e. The summed E-state index contributed by atoms with van der Waals surface area (Å²) in [5.41, 5.74) is 1.93. The molecule has 132 valence electrons. The number of nitrogens with zero attached hydrogens (tertiary/aromatic N) is 1. The van der Waals surface area contributed by atoms with E-state index >= 15 is 0 Å². The number of rotatable bonds is 7. The smallest absolute Gasteiger partial charge is 0.261 e. The first-order chi connectivity index (χ1) is 12.6. The molecule has 0 bridgehead atoms. The molecule has 5 heteroatoms. The van der Waals surface area contributed by atoms with Gasteiger partial charge in [-0.25, -0.2) is 0 Å². The van der Waals surface area contributed by atoms with Gasteiger partial charge < -0.3 is 15.2 Å². The normalized spacial score (nSPS) is 11.2. The van der Waals surface area contributed by atoms with Gasteiger partial charge in [-0.05, 0) is 35.8 Å². The minimum atomic E-state index is -0.406. The second kappa shape index (κ2) is 9.70. The second-order valence-corrected chi connectivity index (χ2v) is 5.47. The lowest BCUT2D eigenvalue weighted by molar-refractivity contribution is -0.117. The number of ether oxygens (including phenoxy) is 1. The highest BCUT2D eigenvalue weighted by Gasteiger charge is 2.07. The van der Waals surface area contributed by atoms with Crippen LogP contribution >= 0.6 is 0 Å². The highest BCUT2D eigenvalue weighted by Crippen LogP contribution is 2.26. The van der Waals surface area contributed by atoms with Gasteiger partial charge in [-0.2, -0.15) is 5.26 Å². The zero-order chi connectivity index (χ0) is 18.8. The van der Waals surface area contributed by atoms with Crippen molar-refractivity contribution in [3.63, 3.8) is 0 Å². The number of benzene rings is 2. The van der Waals surface area contributed by atoms with Crippen LogP contribution < -0.4 is 10.1 Å². The van der Waals surface area contributed by atoms with Crippen molar-refractivity contribution in [2.45, 2.75) is 6.42 Å². The largest absolute Gasteiger partial charge is 0.504 e. The van der Waals surface area contributed by atoms with Crippen molar-refractivity contribution >= 4 is 12.0 Å². The number of methoxy groups -OCH3 is 1. The Balaban J connectivity index is 1.94. The van der Waals surface area contributed by atoms with Crippen molar-refractivity contribution in [3.05, 3.63) is 77.4 Å². The van der Waals surface area contributed by atoms with Gasteiger partial charge in [0.2, 0.25) is 0 Å². The number of amides is 1. The number of carbonyl (C=O) groups excluding carboxylic acids is 1. The SMILES string of the molecule is COc1cc(/C=C/C=C(\C#N)C(=O)NCCc2ccccc2)ccc1O. The maximum absolute atomic E-state index is 12.1. The van der Waals surface area contributed by atoms with Crippen molar-refractivity contribution in [3.8, 4) is 17.6 Å². The number of phenols is 1. The Hall–Kier alpha value is -3.52. The Kier molecular flexibility index (Phi) is 7.02. The summed E-state index contributed by atoms with van der Waals surface area (Å²) in [6, 6.07) is 16.6. The van der Waals surface area contributed by atoms with Gasteiger partial charge in [0.1, 0.15) is 11.6 Å². The Labute approximate surface area is 152 Å². The molecule has 0 fully saturated rings. The zero-order valence-electron chi connectivity index (χ0n) is 14.5. The molecule has 0 aliphatic heterocycles. The van der Waals surface area contributed by atoms with Crippen molar-refractivity contribution in [1.29, 1.82) is 5.26 Å². The predicted octanol–water partition coefficient (Wildman–Crippen LogP) is 3.22. The van der Waals surface area contributed by atoms with E-state index in [1.165, 1.54) is 19.3 Å². The van der Waals surface area contributed by atoms with E-state index in [0.717, 1.165) is 11.1 Å². The topological polar surface area (TPSA) is 82.3 Å². The predicted molar refractivity (Wildman–Crippen MR) is 101 cm³/mol. The average Bonchev–Trinajstić information content (AvgIpc) is 2.67. The average molecular weight is 348 g/mol. The van der Waals surface area contributed by atoms with E-state index in [-0.39, 0.29) is 11.3 Å². The molecule has 2 N–H and O–H groups in total. The van der Waals surface area contributed by atoms with Crippen LogP contribution in [0.1, 0.15) is 11.1 Å². The third-order valence-electron chi connectivity index (χ3n) is 3.66. The molecule has 1 amide bonds. The number of allylic oxidation sites excluding steroid dienone is 2. The van der Waals surface area contributed by atoms with Crippen molar-refractivity contribution in [1.82, 2.24) is 5.32 Å². The number of aromatic hydroxyl groups is 1. The highest BCUT2D eigenvalue weighted by molar-refractivity contribution is 5.97. The molecule has 0 atom stereocenters. The van der Waals surface area contributed by atoms with Gasteiger partial charge in [-0.3, -0.25) is 4.79 Å².